The SMILES string of the molecule is Cc1cccc(OCCNC(=O)NC2CC2)c1. The summed E-state index contributed by atoms with van der Waals surface area (Å²) in [5.41, 5.74) is 1.17. The van der Waals surface area contributed by atoms with Gasteiger partial charge in [-0.3, -0.25) is 0 Å². The molecule has 92 valence electrons. The molecule has 0 aliphatic heterocycles. The molecular weight excluding hydrogens is 216 g/mol. The average Bonchev–Trinajstić information content (AvgIpc) is 3.08. The largest absolute Gasteiger partial charge is 0.492 e. The summed E-state index contributed by atoms with van der Waals surface area (Å²) in [5, 5.41) is 5.62. The van der Waals surface area contributed by atoms with E-state index in [9.17, 15) is 4.79 Å². The lowest BCUT2D eigenvalue weighted by molar-refractivity contribution is 0.236. The first kappa shape index (κ1) is 11.8. The van der Waals surface area contributed by atoms with Crippen LogP contribution in [-0.4, -0.2) is 25.2 Å². The second-order valence-corrected chi connectivity index (χ2v) is 4.34. The predicted molar refractivity (Wildman–Crippen MR) is 66.2 cm³/mol. The molecule has 0 spiro atoms. The molecule has 0 atom stereocenters. The fraction of sp³-hybridized carbons (Fsp3) is 0.462. The van der Waals surface area contributed by atoms with Crippen LogP contribution in [0.15, 0.2) is 24.3 Å². The summed E-state index contributed by atoms with van der Waals surface area (Å²) >= 11 is 0. The molecule has 2 rings (SSSR count). The molecular formula is C13H18N2O2. The number of benzene rings is 1. The number of nitrogens with one attached hydrogen (secondary N) is 2. The maximum Gasteiger partial charge on any atom is 0.315 e. The van der Waals surface area contributed by atoms with Crippen molar-refractivity contribution in [2.75, 3.05) is 13.2 Å². The molecule has 2 amide bonds. The van der Waals surface area contributed by atoms with Gasteiger partial charge in [-0.25, -0.2) is 4.79 Å². The Morgan fingerprint density at radius 1 is 1.47 bits per heavy atom. The molecule has 0 bridgehead atoms. The van der Waals surface area contributed by atoms with Gasteiger partial charge >= 0.3 is 6.03 Å². The number of rotatable bonds is 5. The van der Waals surface area contributed by atoms with Crippen molar-refractivity contribution in [2.24, 2.45) is 0 Å². The van der Waals surface area contributed by atoms with Gasteiger partial charge in [0.25, 0.3) is 0 Å². The van der Waals surface area contributed by atoms with Crippen molar-refractivity contribution < 1.29 is 9.53 Å². The second kappa shape index (κ2) is 5.57. The third kappa shape index (κ3) is 4.34. The van der Waals surface area contributed by atoms with Crippen molar-refractivity contribution in [1.82, 2.24) is 10.6 Å². The van der Waals surface area contributed by atoms with Crippen molar-refractivity contribution in [3.8, 4) is 5.75 Å². The molecule has 0 unspecified atom stereocenters. The monoisotopic (exact) mass is 234 g/mol. The Kier molecular flexibility index (Phi) is 3.85. The number of hydrogen-bond donors (Lipinski definition) is 2. The van der Waals surface area contributed by atoms with E-state index in [0.29, 0.717) is 19.2 Å². The summed E-state index contributed by atoms with van der Waals surface area (Å²) in [5.74, 6) is 0.842. The number of hydrogen-bond acceptors (Lipinski definition) is 2. The predicted octanol–water partition coefficient (Wildman–Crippen LogP) is 1.84. The Morgan fingerprint density at radius 2 is 2.29 bits per heavy atom. The molecule has 0 saturated heterocycles. The number of carbonyl (C=O) groups is 1. The van der Waals surface area contributed by atoms with Gasteiger partial charge in [0.05, 0.1) is 6.54 Å². The Labute approximate surface area is 101 Å². The van der Waals surface area contributed by atoms with Crippen LogP contribution in [-0.2, 0) is 0 Å². The molecule has 2 N–H and O–H groups in total. The fourth-order valence-electron chi connectivity index (χ4n) is 1.50. The standard InChI is InChI=1S/C13H18N2O2/c1-10-3-2-4-12(9-10)17-8-7-14-13(16)15-11-5-6-11/h2-4,9,11H,5-8H2,1H3,(H2,14,15,16). The van der Waals surface area contributed by atoms with Gasteiger partial charge in [0.2, 0.25) is 0 Å². The molecule has 0 aromatic heterocycles. The van der Waals surface area contributed by atoms with Gasteiger partial charge in [0, 0.05) is 6.04 Å². The minimum Gasteiger partial charge on any atom is -0.492 e. The van der Waals surface area contributed by atoms with Crippen LogP contribution in [0.3, 0.4) is 0 Å². The third-order valence-electron chi connectivity index (χ3n) is 2.56. The van der Waals surface area contributed by atoms with Crippen molar-refractivity contribution in [3.05, 3.63) is 29.8 Å². The topological polar surface area (TPSA) is 50.4 Å². The highest BCUT2D eigenvalue weighted by Crippen LogP contribution is 2.18. The summed E-state index contributed by atoms with van der Waals surface area (Å²) in [7, 11) is 0. The van der Waals surface area contributed by atoms with Crippen molar-refractivity contribution in [2.45, 2.75) is 25.8 Å². The highest BCUT2D eigenvalue weighted by molar-refractivity contribution is 5.74. The summed E-state index contributed by atoms with van der Waals surface area (Å²) in [6.07, 6.45) is 2.21. The van der Waals surface area contributed by atoms with E-state index in [0.717, 1.165) is 18.6 Å². The minimum absolute atomic E-state index is 0.0969. The first-order chi connectivity index (χ1) is 8.24. The first-order valence-electron chi connectivity index (χ1n) is 5.98. The van der Waals surface area contributed by atoms with Crippen molar-refractivity contribution in [3.63, 3.8) is 0 Å². The average molecular weight is 234 g/mol. The molecule has 1 aromatic carbocycles. The fourth-order valence-corrected chi connectivity index (χ4v) is 1.50. The van der Waals surface area contributed by atoms with Crippen LogP contribution in [0.1, 0.15) is 18.4 Å². The molecule has 1 aliphatic rings. The van der Waals surface area contributed by atoms with E-state index in [-0.39, 0.29) is 6.03 Å². The van der Waals surface area contributed by atoms with Crippen LogP contribution >= 0.6 is 0 Å². The second-order valence-electron chi connectivity index (χ2n) is 4.34. The van der Waals surface area contributed by atoms with Crippen LogP contribution in [0.4, 0.5) is 4.79 Å². The van der Waals surface area contributed by atoms with E-state index in [1.54, 1.807) is 0 Å². The van der Waals surface area contributed by atoms with Crippen molar-refractivity contribution >= 4 is 6.03 Å². The van der Waals surface area contributed by atoms with Crippen LogP contribution < -0.4 is 15.4 Å². The van der Waals surface area contributed by atoms with Crippen LogP contribution in [0.2, 0.25) is 0 Å². The van der Waals surface area contributed by atoms with Gasteiger partial charge in [0.1, 0.15) is 12.4 Å². The summed E-state index contributed by atoms with van der Waals surface area (Å²) in [6.45, 7) is 3.03. The van der Waals surface area contributed by atoms with E-state index < -0.39 is 0 Å². The highest BCUT2D eigenvalue weighted by atomic mass is 16.5. The van der Waals surface area contributed by atoms with Gasteiger partial charge in [-0.2, -0.15) is 0 Å². The summed E-state index contributed by atoms with van der Waals surface area (Å²) in [4.78, 5) is 11.3. The number of ether oxygens (including phenoxy) is 1. The zero-order valence-corrected chi connectivity index (χ0v) is 10.0. The maximum atomic E-state index is 11.3. The number of urea groups is 1. The van der Waals surface area contributed by atoms with E-state index in [1.807, 2.05) is 31.2 Å². The van der Waals surface area contributed by atoms with E-state index >= 15 is 0 Å². The van der Waals surface area contributed by atoms with E-state index in [4.69, 9.17) is 4.74 Å². The molecule has 1 saturated carbocycles. The smallest absolute Gasteiger partial charge is 0.315 e. The maximum absolute atomic E-state index is 11.3. The zero-order valence-electron chi connectivity index (χ0n) is 10.0. The lowest BCUT2D eigenvalue weighted by Crippen LogP contribution is -2.38. The Balaban J connectivity index is 1.60. The van der Waals surface area contributed by atoms with Gasteiger partial charge in [0.15, 0.2) is 0 Å². The quantitative estimate of drug-likeness (QED) is 0.764. The molecule has 1 aromatic rings. The lowest BCUT2D eigenvalue weighted by Gasteiger charge is -2.08. The van der Waals surface area contributed by atoms with Crippen LogP contribution in [0.5, 0.6) is 5.75 Å². The van der Waals surface area contributed by atoms with E-state index in [2.05, 4.69) is 10.6 Å². The lowest BCUT2D eigenvalue weighted by atomic mass is 10.2. The van der Waals surface area contributed by atoms with Gasteiger partial charge in [-0.15, -0.1) is 0 Å². The van der Waals surface area contributed by atoms with E-state index in [1.165, 1.54) is 5.56 Å². The highest BCUT2D eigenvalue weighted by Gasteiger charge is 2.22. The molecule has 0 radical (unpaired) electrons. The molecule has 4 heteroatoms. The van der Waals surface area contributed by atoms with Gasteiger partial charge in [-0.1, -0.05) is 12.1 Å². The molecule has 1 aliphatic carbocycles. The Morgan fingerprint density at radius 3 is 3.00 bits per heavy atom. The van der Waals surface area contributed by atoms with Gasteiger partial charge < -0.3 is 15.4 Å². The minimum atomic E-state index is -0.0969. The first-order valence-corrected chi connectivity index (χ1v) is 5.98. The third-order valence-corrected chi connectivity index (χ3v) is 2.56. The number of amides is 2. The Bertz CT molecular complexity index is 389. The van der Waals surface area contributed by atoms with Gasteiger partial charge in [-0.05, 0) is 37.5 Å². The summed E-state index contributed by atoms with van der Waals surface area (Å²) < 4.78 is 5.52. The normalized spacial score (nSPS) is 14.2. The molecule has 1 fully saturated rings. The Hall–Kier alpha value is -1.71. The molecule has 0 heterocycles. The number of aryl methyl sites for hydroxylation is 1. The molecule has 4 nitrogen and oxygen atoms in total. The van der Waals surface area contributed by atoms with Crippen LogP contribution in [0, 0.1) is 6.92 Å². The summed E-state index contributed by atoms with van der Waals surface area (Å²) in [6, 6.07) is 8.17. The zero-order chi connectivity index (χ0) is 12.1. The van der Waals surface area contributed by atoms with Crippen LogP contribution in [0.25, 0.3) is 0 Å². The van der Waals surface area contributed by atoms with Crippen molar-refractivity contribution in [1.29, 1.82) is 0 Å². The molecule has 17 heavy (non-hydrogen) atoms. The number of carbonyl (C=O) groups excluding carboxylic acids is 1.